The van der Waals surface area contributed by atoms with Crippen molar-refractivity contribution in [2.45, 2.75) is 26.3 Å². The molecule has 5 heteroatoms. The molecule has 1 aromatic carbocycles. The lowest BCUT2D eigenvalue weighted by Gasteiger charge is -2.26. The van der Waals surface area contributed by atoms with Gasteiger partial charge >= 0.3 is 0 Å². The van der Waals surface area contributed by atoms with E-state index in [0.29, 0.717) is 6.54 Å². The quantitative estimate of drug-likeness (QED) is 0.895. The van der Waals surface area contributed by atoms with Crippen LogP contribution in [0.3, 0.4) is 0 Å². The molecule has 0 radical (unpaired) electrons. The summed E-state index contributed by atoms with van der Waals surface area (Å²) in [5, 5.41) is 2.95. The molecular weight excluding hydrogens is 274 g/mol. The Hall–Kier alpha value is -1.10. The zero-order chi connectivity index (χ0) is 13.9. The van der Waals surface area contributed by atoms with E-state index in [0.717, 1.165) is 25.2 Å². The van der Waals surface area contributed by atoms with Crippen LogP contribution in [-0.4, -0.2) is 36.5 Å². The number of likely N-dealkylation sites (tertiary alicyclic amines) is 1. The SMILES string of the molecule is CC(C(=O)Nc1ccccc1)N1CCC(C)(CN)C1.Cl. The molecule has 0 bridgehead atoms. The van der Waals surface area contributed by atoms with Crippen molar-refractivity contribution in [3.8, 4) is 0 Å². The maximum atomic E-state index is 12.2. The predicted octanol–water partition coefficient (Wildman–Crippen LogP) is 2.11. The van der Waals surface area contributed by atoms with Gasteiger partial charge in [0.25, 0.3) is 0 Å². The summed E-state index contributed by atoms with van der Waals surface area (Å²) in [7, 11) is 0. The van der Waals surface area contributed by atoms with Crippen LogP contribution in [0.2, 0.25) is 0 Å². The molecule has 1 aliphatic rings. The second kappa shape index (κ2) is 7.07. The number of anilines is 1. The number of nitrogens with one attached hydrogen (secondary N) is 1. The van der Waals surface area contributed by atoms with Gasteiger partial charge in [-0.3, -0.25) is 9.69 Å². The first-order valence-electron chi connectivity index (χ1n) is 6.84. The summed E-state index contributed by atoms with van der Waals surface area (Å²) in [6, 6.07) is 9.46. The first-order valence-corrected chi connectivity index (χ1v) is 6.84. The Morgan fingerprint density at radius 1 is 1.45 bits per heavy atom. The molecule has 1 heterocycles. The minimum atomic E-state index is -0.117. The molecule has 1 fully saturated rings. The van der Waals surface area contributed by atoms with Crippen LogP contribution >= 0.6 is 12.4 Å². The number of nitrogens with two attached hydrogens (primary N) is 1. The van der Waals surface area contributed by atoms with Crippen molar-refractivity contribution < 1.29 is 4.79 Å². The average Bonchev–Trinajstić information content (AvgIpc) is 2.82. The van der Waals surface area contributed by atoms with Crippen molar-refractivity contribution in [1.82, 2.24) is 4.90 Å². The summed E-state index contributed by atoms with van der Waals surface area (Å²) in [5.41, 5.74) is 6.80. The Labute approximate surface area is 127 Å². The molecular formula is C15H24ClN3O. The summed E-state index contributed by atoms with van der Waals surface area (Å²) in [4.78, 5) is 14.4. The third-order valence-corrected chi connectivity index (χ3v) is 4.05. The van der Waals surface area contributed by atoms with Gasteiger partial charge in [0.15, 0.2) is 0 Å². The second-order valence-electron chi connectivity index (χ2n) is 5.77. The van der Waals surface area contributed by atoms with Crippen LogP contribution in [0.25, 0.3) is 0 Å². The molecule has 2 unspecified atom stereocenters. The Morgan fingerprint density at radius 3 is 2.65 bits per heavy atom. The number of nitrogens with zero attached hydrogens (tertiary/aromatic N) is 1. The number of amides is 1. The number of carbonyl (C=O) groups is 1. The van der Waals surface area contributed by atoms with Gasteiger partial charge in [-0.25, -0.2) is 0 Å². The smallest absolute Gasteiger partial charge is 0.241 e. The van der Waals surface area contributed by atoms with Crippen LogP contribution in [0.5, 0.6) is 0 Å². The van der Waals surface area contributed by atoms with E-state index < -0.39 is 0 Å². The molecule has 0 saturated carbocycles. The van der Waals surface area contributed by atoms with Crippen molar-refractivity contribution in [2.24, 2.45) is 11.1 Å². The largest absolute Gasteiger partial charge is 0.330 e. The fraction of sp³-hybridized carbons (Fsp3) is 0.533. The van der Waals surface area contributed by atoms with E-state index >= 15 is 0 Å². The fourth-order valence-electron chi connectivity index (χ4n) is 2.49. The van der Waals surface area contributed by atoms with E-state index in [1.165, 1.54) is 0 Å². The topological polar surface area (TPSA) is 58.4 Å². The number of halogens is 1. The molecule has 1 amide bonds. The molecule has 112 valence electrons. The maximum absolute atomic E-state index is 12.2. The summed E-state index contributed by atoms with van der Waals surface area (Å²) < 4.78 is 0. The van der Waals surface area contributed by atoms with Crippen LogP contribution in [-0.2, 0) is 4.79 Å². The summed E-state index contributed by atoms with van der Waals surface area (Å²) in [5.74, 6) is 0.0486. The fourth-order valence-corrected chi connectivity index (χ4v) is 2.49. The van der Waals surface area contributed by atoms with E-state index in [1.807, 2.05) is 37.3 Å². The monoisotopic (exact) mass is 297 g/mol. The van der Waals surface area contributed by atoms with E-state index in [2.05, 4.69) is 17.1 Å². The van der Waals surface area contributed by atoms with Crippen molar-refractivity contribution in [1.29, 1.82) is 0 Å². The maximum Gasteiger partial charge on any atom is 0.241 e. The molecule has 1 aromatic rings. The van der Waals surface area contributed by atoms with Crippen LogP contribution in [0.15, 0.2) is 30.3 Å². The third-order valence-electron chi connectivity index (χ3n) is 4.05. The summed E-state index contributed by atoms with van der Waals surface area (Å²) in [6.07, 6.45) is 1.06. The van der Waals surface area contributed by atoms with Crippen LogP contribution < -0.4 is 11.1 Å². The van der Waals surface area contributed by atoms with Gasteiger partial charge in [-0.15, -0.1) is 12.4 Å². The van der Waals surface area contributed by atoms with Gasteiger partial charge < -0.3 is 11.1 Å². The van der Waals surface area contributed by atoms with E-state index in [-0.39, 0.29) is 29.8 Å². The zero-order valence-corrected chi connectivity index (χ0v) is 13.0. The molecule has 1 aliphatic heterocycles. The minimum absolute atomic E-state index is 0. The third kappa shape index (κ3) is 3.95. The highest BCUT2D eigenvalue weighted by molar-refractivity contribution is 5.94. The van der Waals surface area contributed by atoms with Gasteiger partial charge in [0, 0.05) is 12.2 Å². The van der Waals surface area contributed by atoms with Crippen LogP contribution in [0.4, 0.5) is 5.69 Å². The predicted molar refractivity (Wildman–Crippen MR) is 85.1 cm³/mol. The van der Waals surface area contributed by atoms with E-state index in [9.17, 15) is 4.79 Å². The lowest BCUT2D eigenvalue weighted by Crippen LogP contribution is -2.42. The summed E-state index contributed by atoms with van der Waals surface area (Å²) in [6.45, 7) is 6.66. The molecule has 3 N–H and O–H groups in total. The van der Waals surface area contributed by atoms with Gasteiger partial charge in [0.05, 0.1) is 6.04 Å². The van der Waals surface area contributed by atoms with Gasteiger partial charge in [-0.1, -0.05) is 25.1 Å². The first-order chi connectivity index (χ1) is 9.04. The summed E-state index contributed by atoms with van der Waals surface area (Å²) >= 11 is 0. The van der Waals surface area contributed by atoms with Crippen LogP contribution in [0.1, 0.15) is 20.3 Å². The number of benzene rings is 1. The molecule has 20 heavy (non-hydrogen) atoms. The number of rotatable bonds is 4. The standard InChI is InChI=1S/C15H23N3O.ClH/c1-12(18-9-8-15(2,10-16)11-18)14(19)17-13-6-4-3-5-7-13;/h3-7,12H,8-11,16H2,1-2H3,(H,17,19);1H. The number of carbonyl (C=O) groups excluding carboxylic acids is 1. The van der Waals surface area contributed by atoms with Crippen molar-refractivity contribution in [3.63, 3.8) is 0 Å². The van der Waals surface area contributed by atoms with Gasteiger partial charge in [-0.2, -0.15) is 0 Å². The van der Waals surface area contributed by atoms with E-state index in [4.69, 9.17) is 5.73 Å². The molecule has 1 saturated heterocycles. The lowest BCUT2D eigenvalue weighted by atomic mass is 9.90. The number of para-hydroxylation sites is 1. The molecule has 2 rings (SSSR count). The number of hydrogen-bond donors (Lipinski definition) is 2. The highest BCUT2D eigenvalue weighted by Gasteiger charge is 2.36. The molecule has 0 spiro atoms. The lowest BCUT2D eigenvalue weighted by molar-refractivity contribution is -0.120. The molecule has 2 atom stereocenters. The van der Waals surface area contributed by atoms with Crippen LogP contribution in [0, 0.1) is 5.41 Å². The highest BCUT2D eigenvalue weighted by atomic mass is 35.5. The second-order valence-corrected chi connectivity index (χ2v) is 5.77. The number of hydrogen-bond acceptors (Lipinski definition) is 3. The van der Waals surface area contributed by atoms with Gasteiger partial charge in [0.1, 0.15) is 0 Å². The average molecular weight is 298 g/mol. The Kier molecular flexibility index (Phi) is 5.99. The normalized spacial score (nSPS) is 23.9. The Morgan fingerprint density at radius 2 is 2.10 bits per heavy atom. The Bertz CT molecular complexity index is 440. The molecule has 0 aliphatic carbocycles. The minimum Gasteiger partial charge on any atom is -0.330 e. The van der Waals surface area contributed by atoms with E-state index in [1.54, 1.807) is 0 Å². The zero-order valence-electron chi connectivity index (χ0n) is 12.1. The van der Waals surface area contributed by atoms with Gasteiger partial charge in [-0.05, 0) is 44.0 Å². The van der Waals surface area contributed by atoms with Crippen molar-refractivity contribution in [3.05, 3.63) is 30.3 Å². The molecule has 4 nitrogen and oxygen atoms in total. The van der Waals surface area contributed by atoms with Gasteiger partial charge in [0.2, 0.25) is 5.91 Å². The van der Waals surface area contributed by atoms with Crippen molar-refractivity contribution >= 4 is 24.0 Å². The highest BCUT2D eigenvalue weighted by Crippen LogP contribution is 2.29. The molecule has 0 aromatic heterocycles. The first kappa shape index (κ1) is 17.0. The van der Waals surface area contributed by atoms with Crippen molar-refractivity contribution in [2.75, 3.05) is 25.0 Å². The Balaban J connectivity index is 0.00000200.